The number of esters is 1. The van der Waals surface area contributed by atoms with Gasteiger partial charge in [-0.3, -0.25) is 4.79 Å². The fourth-order valence-corrected chi connectivity index (χ4v) is 3.19. The van der Waals surface area contributed by atoms with E-state index in [9.17, 15) is 9.59 Å². The molecule has 1 aromatic carbocycles. The maximum atomic E-state index is 12.6. The largest absolute Gasteiger partial charge is 0.493 e. The minimum Gasteiger partial charge on any atom is -0.493 e. The van der Waals surface area contributed by atoms with E-state index in [0.29, 0.717) is 12.3 Å². The van der Waals surface area contributed by atoms with Gasteiger partial charge in [0.2, 0.25) is 5.69 Å². The second-order valence-electron chi connectivity index (χ2n) is 6.54. The molecule has 7 nitrogen and oxygen atoms in total. The van der Waals surface area contributed by atoms with Gasteiger partial charge in [-0.25, -0.2) is 9.48 Å². The summed E-state index contributed by atoms with van der Waals surface area (Å²) in [6.07, 6.45) is 7.45. The third kappa shape index (κ3) is 4.42. The normalized spacial score (nSPS) is 13.1. The van der Waals surface area contributed by atoms with Crippen LogP contribution in [0.25, 0.3) is 5.69 Å². The van der Waals surface area contributed by atoms with E-state index in [0.717, 1.165) is 37.1 Å². The van der Waals surface area contributed by atoms with Crippen LogP contribution in [0.5, 0.6) is 5.75 Å². The number of amides is 1. The summed E-state index contributed by atoms with van der Waals surface area (Å²) < 4.78 is 12.1. The van der Waals surface area contributed by atoms with E-state index >= 15 is 0 Å². The van der Waals surface area contributed by atoms with Gasteiger partial charge in [0.25, 0.3) is 5.91 Å². The number of carbonyl (C=O) groups excluding carboxylic acids is 2. The first-order valence-corrected chi connectivity index (χ1v) is 9.49. The molecule has 0 unspecified atom stereocenters. The zero-order valence-corrected chi connectivity index (χ0v) is 16.3. The third-order valence-electron chi connectivity index (χ3n) is 4.55. The molecule has 1 aromatic heterocycles. The summed E-state index contributed by atoms with van der Waals surface area (Å²) in [4.78, 5) is 26.8. The lowest BCUT2D eigenvalue weighted by Crippen LogP contribution is -2.34. The van der Waals surface area contributed by atoms with Gasteiger partial charge in [-0.1, -0.05) is 31.2 Å². The van der Waals surface area contributed by atoms with Crippen LogP contribution < -0.4 is 4.74 Å². The van der Waals surface area contributed by atoms with Crippen molar-refractivity contribution in [2.24, 2.45) is 0 Å². The number of hydrogen-bond acceptors (Lipinski definition) is 5. The van der Waals surface area contributed by atoms with Gasteiger partial charge < -0.3 is 14.4 Å². The molecular formula is C21H25N3O4. The Morgan fingerprint density at radius 2 is 2.04 bits per heavy atom. The van der Waals surface area contributed by atoms with E-state index in [1.165, 1.54) is 7.11 Å². The highest BCUT2D eigenvalue weighted by Crippen LogP contribution is 2.23. The van der Waals surface area contributed by atoms with Gasteiger partial charge in [0.15, 0.2) is 12.4 Å². The zero-order valence-electron chi connectivity index (χ0n) is 16.3. The number of rotatable bonds is 8. The molecule has 1 amide bonds. The van der Waals surface area contributed by atoms with Crippen molar-refractivity contribution in [3.05, 3.63) is 54.0 Å². The Bertz CT molecular complexity index is 858. The van der Waals surface area contributed by atoms with Crippen LogP contribution in [0.15, 0.2) is 48.3 Å². The Kier molecular flexibility index (Phi) is 6.47. The number of ether oxygens (including phenoxy) is 2. The molecule has 0 saturated carbocycles. The van der Waals surface area contributed by atoms with Gasteiger partial charge >= 0.3 is 5.97 Å². The van der Waals surface area contributed by atoms with Crippen molar-refractivity contribution in [1.82, 2.24) is 14.7 Å². The molecule has 1 heterocycles. The number of para-hydroxylation sites is 1. The van der Waals surface area contributed by atoms with Gasteiger partial charge in [0.05, 0.1) is 19.0 Å². The summed E-state index contributed by atoms with van der Waals surface area (Å²) in [7, 11) is 1.46. The van der Waals surface area contributed by atoms with Gasteiger partial charge in [-0.2, -0.15) is 5.10 Å². The van der Waals surface area contributed by atoms with Gasteiger partial charge in [0.1, 0.15) is 0 Å². The molecule has 0 atom stereocenters. The van der Waals surface area contributed by atoms with Crippen LogP contribution in [0.1, 0.15) is 43.1 Å². The first-order valence-electron chi connectivity index (χ1n) is 9.49. The quantitative estimate of drug-likeness (QED) is 0.654. The van der Waals surface area contributed by atoms with E-state index in [-0.39, 0.29) is 18.2 Å². The number of carbonyl (C=O) groups is 2. The second kappa shape index (κ2) is 9.21. The second-order valence-corrected chi connectivity index (χ2v) is 6.54. The summed E-state index contributed by atoms with van der Waals surface area (Å²) in [6, 6.07) is 9.37. The van der Waals surface area contributed by atoms with Gasteiger partial charge in [0, 0.05) is 12.2 Å². The Balaban J connectivity index is 1.69. The summed E-state index contributed by atoms with van der Waals surface area (Å²) in [5, 5.41) is 4.27. The predicted octanol–water partition coefficient (Wildman–Crippen LogP) is 3.34. The molecule has 0 aliphatic heterocycles. The summed E-state index contributed by atoms with van der Waals surface area (Å²) in [5.41, 5.74) is 1.85. The average Bonchev–Trinajstić information content (AvgIpc) is 3.40. The lowest BCUT2D eigenvalue weighted by molar-refractivity contribution is -0.132. The van der Waals surface area contributed by atoms with E-state index in [1.54, 1.807) is 15.8 Å². The monoisotopic (exact) mass is 383 g/mol. The van der Waals surface area contributed by atoms with Crippen LogP contribution in [0.2, 0.25) is 0 Å². The molecule has 1 aliphatic carbocycles. The van der Waals surface area contributed by atoms with Crippen LogP contribution in [0, 0.1) is 0 Å². The van der Waals surface area contributed by atoms with Crippen LogP contribution >= 0.6 is 0 Å². The minimum absolute atomic E-state index is 0.0428. The minimum atomic E-state index is -0.684. The fourth-order valence-electron chi connectivity index (χ4n) is 3.19. The fraction of sp³-hybridized carbons (Fsp3) is 0.381. The van der Waals surface area contributed by atoms with Crippen molar-refractivity contribution < 1.29 is 19.1 Å². The standard InChI is InChI=1S/C21H25N3O4/c1-3-13-23(16-9-7-8-10-16)19(25)15-28-21(26)20-18(27-2)14-24(22-20)17-11-5-4-6-12-17/h4-6,9,11-12,14H,3,7-8,10,13,15H2,1-2H3. The van der Waals surface area contributed by atoms with Crippen LogP contribution in [0.3, 0.4) is 0 Å². The maximum Gasteiger partial charge on any atom is 0.363 e. The molecule has 0 bridgehead atoms. The SMILES string of the molecule is CCCN(C(=O)COC(=O)c1nn(-c2ccccc2)cc1OC)C1=CCCC1. The van der Waals surface area contributed by atoms with Crippen molar-refractivity contribution >= 4 is 11.9 Å². The third-order valence-corrected chi connectivity index (χ3v) is 4.55. The van der Waals surface area contributed by atoms with Crippen molar-refractivity contribution in [2.75, 3.05) is 20.3 Å². The van der Waals surface area contributed by atoms with Crippen molar-refractivity contribution in [2.45, 2.75) is 32.6 Å². The maximum absolute atomic E-state index is 12.6. The Morgan fingerprint density at radius 1 is 1.25 bits per heavy atom. The molecule has 7 heteroatoms. The predicted molar refractivity (Wildman–Crippen MR) is 104 cm³/mol. The number of nitrogens with zero attached hydrogens (tertiary/aromatic N) is 3. The van der Waals surface area contributed by atoms with Gasteiger partial charge in [-0.05, 0) is 37.8 Å². The number of benzene rings is 1. The number of aromatic nitrogens is 2. The molecule has 0 N–H and O–H groups in total. The highest BCUT2D eigenvalue weighted by molar-refractivity contribution is 5.92. The van der Waals surface area contributed by atoms with Crippen LogP contribution in [-0.4, -0.2) is 46.8 Å². The number of hydrogen-bond donors (Lipinski definition) is 0. The first kappa shape index (κ1) is 19.7. The zero-order chi connectivity index (χ0) is 19.9. The lowest BCUT2D eigenvalue weighted by atomic mass is 10.3. The molecule has 0 saturated heterocycles. The molecule has 1 aliphatic rings. The summed E-state index contributed by atoms with van der Waals surface area (Å²) in [5.74, 6) is -0.605. The van der Waals surface area contributed by atoms with Crippen LogP contribution in [-0.2, 0) is 9.53 Å². The van der Waals surface area contributed by atoms with Crippen LogP contribution in [0.4, 0.5) is 0 Å². The van der Waals surface area contributed by atoms with Crippen molar-refractivity contribution in [1.29, 1.82) is 0 Å². The smallest absolute Gasteiger partial charge is 0.363 e. The van der Waals surface area contributed by atoms with Gasteiger partial charge in [-0.15, -0.1) is 0 Å². The summed E-state index contributed by atoms with van der Waals surface area (Å²) in [6.45, 7) is 2.31. The number of methoxy groups -OCH3 is 1. The Labute approximate surface area is 164 Å². The molecule has 0 fully saturated rings. The molecule has 28 heavy (non-hydrogen) atoms. The molecule has 0 radical (unpaired) electrons. The topological polar surface area (TPSA) is 73.7 Å². The summed E-state index contributed by atoms with van der Waals surface area (Å²) >= 11 is 0. The lowest BCUT2D eigenvalue weighted by Gasteiger charge is -2.23. The van der Waals surface area contributed by atoms with E-state index < -0.39 is 5.97 Å². The van der Waals surface area contributed by atoms with E-state index in [2.05, 4.69) is 11.2 Å². The van der Waals surface area contributed by atoms with Crippen molar-refractivity contribution in [3.63, 3.8) is 0 Å². The average molecular weight is 383 g/mol. The molecule has 3 rings (SSSR count). The number of allylic oxidation sites excluding steroid dienone is 2. The Morgan fingerprint density at radius 3 is 2.68 bits per heavy atom. The first-order chi connectivity index (χ1) is 13.6. The van der Waals surface area contributed by atoms with E-state index in [1.807, 2.05) is 37.3 Å². The van der Waals surface area contributed by atoms with E-state index in [4.69, 9.17) is 9.47 Å². The molecule has 0 spiro atoms. The highest BCUT2D eigenvalue weighted by atomic mass is 16.5. The Hall–Kier alpha value is -3.09. The highest BCUT2D eigenvalue weighted by Gasteiger charge is 2.24. The molecule has 2 aromatic rings. The molecule has 148 valence electrons. The molecular weight excluding hydrogens is 358 g/mol. The van der Waals surface area contributed by atoms with Crippen molar-refractivity contribution in [3.8, 4) is 11.4 Å².